The smallest absolute Gasteiger partial charge is 0.320 e. The number of carboxylic acid groups (broad SMARTS) is 1. The number of hydrogen-bond acceptors (Lipinski definition) is 6. The van der Waals surface area contributed by atoms with E-state index >= 15 is 0 Å². The van der Waals surface area contributed by atoms with Crippen LogP contribution in [0.15, 0.2) is 58.5 Å². The van der Waals surface area contributed by atoms with Crippen molar-refractivity contribution in [2.45, 2.75) is 25.7 Å². The first kappa shape index (κ1) is 20.4. The fourth-order valence-corrected chi connectivity index (χ4v) is 4.08. The van der Waals surface area contributed by atoms with E-state index in [2.05, 4.69) is 10.5 Å². The molecule has 8 nitrogen and oxygen atoms in total. The molecule has 9 heteroatoms. The van der Waals surface area contributed by atoms with Crippen LogP contribution in [-0.2, 0) is 9.59 Å². The molecule has 0 unspecified atom stereocenters. The van der Waals surface area contributed by atoms with Crippen LogP contribution < -0.4 is 5.43 Å². The van der Waals surface area contributed by atoms with Gasteiger partial charge in [-0.15, -0.1) is 11.3 Å². The van der Waals surface area contributed by atoms with Crippen LogP contribution in [0.2, 0.25) is 0 Å². The highest BCUT2D eigenvalue weighted by atomic mass is 32.1. The number of nitrogens with zero attached hydrogens (tertiary/aromatic N) is 2. The maximum Gasteiger partial charge on any atom is 0.320 e. The highest BCUT2D eigenvalue weighted by Gasteiger charge is 2.53. The first-order chi connectivity index (χ1) is 13.8. The third kappa shape index (κ3) is 4.09. The Balaban J connectivity index is 1.95. The zero-order valence-corrected chi connectivity index (χ0v) is 16.4. The molecule has 150 valence electrons. The Kier molecular flexibility index (Phi) is 5.88. The van der Waals surface area contributed by atoms with Crippen molar-refractivity contribution in [1.29, 1.82) is 0 Å². The summed E-state index contributed by atoms with van der Waals surface area (Å²) in [5, 5.41) is 26.8. The molecule has 0 radical (unpaired) electrons. The number of thiophene rings is 1. The molecule has 2 atom stereocenters. The van der Waals surface area contributed by atoms with Crippen LogP contribution >= 0.6 is 11.3 Å². The van der Waals surface area contributed by atoms with Crippen LogP contribution in [0.1, 0.15) is 36.1 Å². The van der Waals surface area contributed by atoms with Crippen LogP contribution in [-0.4, -0.2) is 28.1 Å². The number of carbonyl (C=O) groups is 2. The minimum Gasteiger partial charge on any atom is -0.480 e. The van der Waals surface area contributed by atoms with E-state index in [1.807, 2.05) is 24.4 Å². The second kappa shape index (κ2) is 8.36. The van der Waals surface area contributed by atoms with Gasteiger partial charge in [0.2, 0.25) is 0 Å². The second-order valence-electron chi connectivity index (χ2n) is 6.85. The van der Waals surface area contributed by atoms with Gasteiger partial charge in [0.25, 0.3) is 11.6 Å². The van der Waals surface area contributed by atoms with Gasteiger partial charge >= 0.3 is 5.97 Å². The van der Waals surface area contributed by atoms with Gasteiger partial charge in [-0.05, 0) is 36.8 Å². The van der Waals surface area contributed by atoms with Crippen molar-refractivity contribution in [1.82, 2.24) is 5.43 Å². The number of aliphatic carboxylic acids is 1. The SMILES string of the molecule is CC1=CC[C@](C(=O)O)(C(=O)N/N=C\c2cccs2)[C@@H](c2ccc([N+](=O)[O-])cc2)C1. The number of hydrazone groups is 1. The first-order valence-electron chi connectivity index (χ1n) is 8.85. The van der Waals surface area contributed by atoms with Gasteiger partial charge in [-0.1, -0.05) is 29.8 Å². The third-order valence-electron chi connectivity index (χ3n) is 5.09. The van der Waals surface area contributed by atoms with Crippen molar-refractivity contribution in [2.75, 3.05) is 0 Å². The van der Waals surface area contributed by atoms with Crippen LogP contribution in [0.4, 0.5) is 5.69 Å². The molecule has 0 saturated heterocycles. The lowest BCUT2D eigenvalue weighted by atomic mass is 9.64. The molecular formula is C20H19N3O5S. The van der Waals surface area contributed by atoms with E-state index in [0.717, 1.165) is 10.5 Å². The molecule has 1 aliphatic carbocycles. The lowest BCUT2D eigenvalue weighted by Gasteiger charge is -2.38. The van der Waals surface area contributed by atoms with Gasteiger partial charge < -0.3 is 5.11 Å². The Bertz CT molecular complexity index is 982. The van der Waals surface area contributed by atoms with Gasteiger partial charge in [-0.25, -0.2) is 5.43 Å². The second-order valence-corrected chi connectivity index (χ2v) is 7.83. The maximum atomic E-state index is 13.0. The third-order valence-corrected chi connectivity index (χ3v) is 5.89. The number of rotatable bonds is 6. The summed E-state index contributed by atoms with van der Waals surface area (Å²) in [6.07, 6.45) is 3.57. The van der Waals surface area contributed by atoms with Gasteiger partial charge in [-0.3, -0.25) is 19.7 Å². The fraction of sp³-hybridized carbons (Fsp3) is 0.250. The average molecular weight is 413 g/mol. The van der Waals surface area contributed by atoms with Crippen molar-refractivity contribution in [3.8, 4) is 0 Å². The Labute approximate surface area is 170 Å². The van der Waals surface area contributed by atoms with E-state index in [9.17, 15) is 24.8 Å². The molecule has 0 saturated carbocycles. The van der Waals surface area contributed by atoms with Crippen molar-refractivity contribution in [3.05, 3.63) is 74.0 Å². The topological polar surface area (TPSA) is 122 Å². The molecule has 3 rings (SSSR count). The molecule has 1 amide bonds. The van der Waals surface area contributed by atoms with Gasteiger partial charge in [0, 0.05) is 22.9 Å². The van der Waals surface area contributed by atoms with Gasteiger partial charge in [-0.2, -0.15) is 5.10 Å². The highest BCUT2D eigenvalue weighted by molar-refractivity contribution is 7.11. The molecule has 1 aromatic carbocycles. The highest BCUT2D eigenvalue weighted by Crippen LogP contribution is 2.47. The summed E-state index contributed by atoms with van der Waals surface area (Å²) in [6.45, 7) is 1.87. The molecule has 0 aliphatic heterocycles. The molecule has 1 aliphatic rings. The maximum absolute atomic E-state index is 13.0. The summed E-state index contributed by atoms with van der Waals surface area (Å²) in [6, 6.07) is 9.33. The van der Waals surface area contributed by atoms with E-state index in [0.29, 0.717) is 12.0 Å². The molecule has 29 heavy (non-hydrogen) atoms. The number of hydrogen-bond donors (Lipinski definition) is 2. The quantitative estimate of drug-likeness (QED) is 0.246. The predicted molar refractivity (Wildman–Crippen MR) is 109 cm³/mol. The number of nitro benzene ring substituents is 1. The molecule has 2 N–H and O–H groups in total. The first-order valence-corrected chi connectivity index (χ1v) is 9.73. The van der Waals surface area contributed by atoms with Crippen molar-refractivity contribution < 1.29 is 19.6 Å². The van der Waals surface area contributed by atoms with E-state index in [-0.39, 0.29) is 12.1 Å². The Morgan fingerprint density at radius 2 is 2.07 bits per heavy atom. The van der Waals surface area contributed by atoms with E-state index in [1.165, 1.54) is 41.8 Å². The zero-order chi connectivity index (χ0) is 21.0. The molecule has 0 spiro atoms. The molecule has 1 aromatic heterocycles. The van der Waals surface area contributed by atoms with Crippen LogP contribution in [0.5, 0.6) is 0 Å². The number of non-ortho nitro benzene ring substituents is 1. The minimum absolute atomic E-state index is 0.0101. The number of carboxylic acids is 1. The van der Waals surface area contributed by atoms with E-state index < -0.39 is 28.1 Å². The predicted octanol–water partition coefficient (Wildman–Crippen LogP) is 3.70. The summed E-state index contributed by atoms with van der Waals surface area (Å²) < 4.78 is 0. The molecule has 0 fully saturated rings. The number of carbonyl (C=O) groups excluding carboxylic acids is 1. The minimum atomic E-state index is -1.76. The summed E-state index contributed by atoms with van der Waals surface area (Å²) in [7, 11) is 0. The largest absolute Gasteiger partial charge is 0.480 e. The summed E-state index contributed by atoms with van der Waals surface area (Å²) >= 11 is 1.44. The van der Waals surface area contributed by atoms with Gasteiger partial charge in [0.15, 0.2) is 5.41 Å². The van der Waals surface area contributed by atoms with Crippen LogP contribution in [0.3, 0.4) is 0 Å². The zero-order valence-electron chi connectivity index (χ0n) is 15.6. The Hall–Kier alpha value is -3.33. The molecule has 1 heterocycles. The lowest BCUT2D eigenvalue weighted by Crippen LogP contribution is -2.50. The Morgan fingerprint density at radius 1 is 1.34 bits per heavy atom. The van der Waals surface area contributed by atoms with Gasteiger partial charge in [0.1, 0.15) is 0 Å². The fourth-order valence-electron chi connectivity index (χ4n) is 3.49. The number of nitrogens with one attached hydrogen (secondary N) is 1. The summed E-state index contributed by atoms with van der Waals surface area (Å²) in [4.78, 5) is 36.6. The van der Waals surface area contributed by atoms with Crippen molar-refractivity contribution in [2.24, 2.45) is 10.5 Å². The van der Waals surface area contributed by atoms with Crippen molar-refractivity contribution >= 4 is 35.1 Å². The molecule has 0 bridgehead atoms. The standard InChI is InChI=1S/C20H19N3O5S/c1-13-8-9-20(19(25)26,18(24)22-21-12-16-3-2-10-29-16)17(11-13)14-4-6-15(7-5-14)23(27)28/h2-8,10,12,17H,9,11H2,1H3,(H,22,24)(H,25,26)/b21-12-/t17-,20-/m1/s1. The number of amides is 1. The average Bonchev–Trinajstić information content (AvgIpc) is 3.21. The van der Waals surface area contributed by atoms with E-state index in [1.54, 1.807) is 6.08 Å². The van der Waals surface area contributed by atoms with Crippen molar-refractivity contribution in [3.63, 3.8) is 0 Å². The number of allylic oxidation sites excluding steroid dienone is 2. The number of benzene rings is 1. The molecular weight excluding hydrogens is 394 g/mol. The van der Waals surface area contributed by atoms with Crippen LogP contribution in [0.25, 0.3) is 0 Å². The monoisotopic (exact) mass is 413 g/mol. The van der Waals surface area contributed by atoms with Crippen LogP contribution in [0, 0.1) is 15.5 Å². The summed E-state index contributed by atoms with van der Waals surface area (Å²) in [5.74, 6) is -2.65. The molecule has 2 aromatic rings. The Morgan fingerprint density at radius 3 is 2.66 bits per heavy atom. The normalized spacial score (nSPS) is 21.6. The van der Waals surface area contributed by atoms with Gasteiger partial charge in [0.05, 0.1) is 11.1 Å². The lowest BCUT2D eigenvalue weighted by molar-refractivity contribution is -0.384. The number of nitro groups is 1. The van der Waals surface area contributed by atoms with E-state index in [4.69, 9.17) is 0 Å². The summed E-state index contributed by atoms with van der Waals surface area (Å²) in [5.41, 5.74) is 2.04.